The largest absolute Gasteiger partial charge is 0.444 e. The minimum atomic E-state index is -0.540. The smallest absolute Gasteiger partial charge is 0.410 e. The first-order valence-corrected chi connectivity index (χ1v) is 7.87. The molecule has 0 saturated carbocycles. The van der Waals surface area contributed by atoms with Gasteiger partial charge in [0.15, 0.2) is 0 Å². The van der Waals surface area contributed by atoms with Gasteiger partial charge in [0.05, 0.1) is 0 Å². The van der Waals surface area contributed by atoms with Crippen LogP contribution in [0.2, 0.25) is 5.02 Å². The van der Waals surface area contributed by atoms with Crippen LogP contribution in [0, 0.1) is 0 Å². The minimum Gasteiger partial charge on any atom is -0.444 e. The maximum atomic E-state index is 12.0. The Kier molecular flexibility index (Phi) is 7.16. The van der Waals surface area contributed by atoms with E-state index < -0.39 is 11.7 Å². The third-order valence-electron chi connectivity index (χ3n) is 2.78. The summed E-state index contributed by atoms with van der Waals surface area (Å²) < 4.78 is 5.30. The predicted octanol–water partition coefficient (Wildman–Crippen LogP) is 3.72. The lowest BCUT2D eigenvalue weighted by molar-refractivity contribution is 0.0263. The second-order valence-corrected chi connectivity index (χ2v) is 6.39. The summed E-state index contributed by atoms with van der Waals surface area (Å²) in [7, 11) is 0. The molecule has 0 heterocycles. The average molecular weight is 342 g/mol. The Morgan fingerprint density at radius 1 is 1.30 bits per heavy atom. The Balaban J connectivity index is 2.39. The Bertz CT molecular complexity index is 544. The summed E-state index contributed by atoms with van der Waals surface area (Å²) >= 11 is 5.85. The van der Waals surface area contributed by atoms with Gasteiger partial charge in [0, 0.05) is 30.3 Å². The molecule has 128 valence electrons. The highest BCUT2D eigenvalue weighted by Crippen LogP contribution is 2.14. The predicted molar refractivity (Wildman–Crippen MR) is 92.0 cm³/mol. The Morgan fingerprint density at radius 2 is 2.00 bits per heavy atom. The van der Waals surface area contributed by atoms with Gasteiger partial charge in [0.25, 0.3) is 0 Å². The molecule has 0 aliphatic rings. The van der Waals surface area contributed by atoms with Gasteiger partial charge < -0.3 is 20.3 Å². The highest BCUT2D eigenvalue weighted by atomic mass is 35.5. The quantitative estimate of drug-likeness (QED) is 0.857. The van der Waals surface area contributed by atoms with Crippen molar-refractivity contribution in [2.75, 3.05) is 25.0 Å². The molecule has 0 atom stereocenters. The van der Waals surface area contributed by atoms with E-state index in [4.69, 9.17) is 16.3 Å². The Hall–Kier alpha value is -1.95. The molecule has 1 aromatic rings. The molecule has 23 heavy (non-hydrogen) atoms. The zero-order valence-corrected chi connectivity index (χ0v) is 14.7. The van der Waals surface area contributed by atoms with E-state index in [0.29, 0.717) is 30.3 Å². The maximum absolute atomic E-state index is 12.0. The number of likely N-dealkylation sites (N-methyl/N-ethyl adjacent to an activating group) is 1. The van der Waals surface area contributed by atoms with Crippen LogP contribution in [-0.4, -0.2) is 42.3 Å². The van der Waals surface area contributed by atoms with Crippen LogP contribution in [0.3, 0.4) is 0 Å². The lowest BCUT2D eigenvalue weighted by atomic mass is 10.2. The van der Waals surface area contributed by atoms with Crippen molar-refractivity contribution in [3.05, 3.63) is 29.3 Å². The van der Waals surface area contributed by atoms with E-state index in [9.17, 15) is 9.59 Å². The van der Waals surface area contributed by atoms with Gasteiger partial charge in [-0.3, -0.25) is 0 Å². The van der Waals surface area contributed by atoms with Gasteiger partial charge in [0.2, 0.25) is 0 Å². The van der Waals surface area contributed by atoms with Gasteiger partial charge in [-0.2, -0.15) is 0 Å². The van der Waals surface area contributed by atoms with Crippen molar-refractivity contribution < 1.29 is 14.3 Å². The Labute approximate surface area is 142 Å². The van der Waals surface area contributed by atoms with Crippen molar-refractivity contribution in [2.24, 2.45) is 0 Å². The van der Waals surface area contributed by atoms with E-state index in [1.807, 2.05) is 27.7 Å². The van der Waals surface area contributed by atoms with Gasteiger partial charge in [-0.25, -0.2) is 9.59 Å². The normalized spacial score (nSPS) is 10.8. The summed E-state index contributed by atoms with van der Waals surface area (Å²) in [5.74, 6) is 0. The number of anilines is 1. The van der Waals surface area contributed by atoms with Crippen LogP contribution >= 0.6 is 11.6 Å². The lowest BCUT2D eigenvalue weighted by Gasteiger charge is -2.26. The number of nitrogens with zero attached hydrogens (tertiary/aromatic N) is 1. The standard InChI is InChI=1S/C16H24ClN3O3/c1-5-20(15(22)23-16(2,3)4)10-9-18-14(21)19-13-8-6-7-12(17)11-13/h6-8,11H,5,9-10H2,1-4H3,(H2,18,19,21). The van der Waals surface area contributed by atoms with E-state index in [0.717, 1.165) is 0 Å². The highest BCUT2D eigenvalue weighted by molar-refractivity contribution is 6.30. The van der Waals surface area contributed by atoms with Crippen LogP contribution in [0.4, 0.5) is 15.3 Å². The number of ether oxygens (including phenoxy) is 1. The van der Waals surface area contributed by atoms with Gasteiger partial charge in [-0.05, 0) is 45.9 Å². The maximum Gasteiger partial charge on any atom is 0.410 e. The minimum absolute atomic E-state index is 0.319. The van der Waals surface area contributed by atoms with E-state index in [1.54, 1.807) is 24.3 Å². The van der Waals surface area contributed by atoms with Crippen molar-refractivity contribution in [2.45, 2.75) is 33.3 Å². The van der Waals surface area contributed by atoms with Crippen LogP contribution < -0.4 is 10.6 Å². The zero-order chi connectivity index (χ0) is 17.5. The van der Waals surface area contributed by atoms with Gasteiger partial charge >= 0.3 is 12.1 Å². The summed E-state index contributed by atoms with van der Waals surface area (Å²) in [6.45, 7) is 8.50. The molecule has 1 rings (SSSR count). The number of carbonyl (C=O) groups is 2. The third-order valence-corrected chi connectivity index (χ3v) is 3.02. The van der Waals surface area contributed by atoms with E-state index in [1.165, 1.54) is 4.90 Å². The summed E-state index contributed by atoms with van der Waals surface area (Å²) in [4.78, 5) is 25.3. The Morgan fingerprint density at radius 3 is 2.57 bits per heavy atom. The second-order valence-electron chi connectivity index (χ2n) is 5.95. The van der Waals surface area contributed by atoms with Crippen molar-refractivity contribution in [3.63, 3.8) is 0 Å². The van der Waals surface area contributed by atoms with Crippen LogP contribution in [-0.2, 0) is 4.74 Å². The van der Waals surface area contributed by atoms with E-state index >= 15 is 0 Å². The molecular formula is C16H24ClN3O3. The summed E-state index contributed by atoms with van der Waals surface area (Å²) in [6.07, 6.45) is -0.392. The first-order valence-electron chi connectivity index (χ1n) is 7.49. The molecule has 0 saturated heterocycles. The number of rotatable bonds is 5. The first kappa shape index (κ1) is 19.1. The molecule has 2 N–H and O–H groups in total. The fraction of sp³-hybridized carbons (Fsp3) is 0.500. The number of amides is 3. The molecule has 3 amide bonds. The van der Waals surface area contributed by atoms with Crippen molar-refractivity contribution in [3.8, 4) is 0 Å². The van der Waals surface area contributed by atoms with E-state index in [2.05, 4.69) is 10.6 Å². The van der Waals surface area contributed by atoms with Crippen LogP contribution in [0.1, 0.15) is 27.7 Å². The van der Waals surface area contributed by atoms with Gasteiger partial charge in [-0.15, -0.1) is 0 Å². The summed E-state index contributed by atoms with van der Waals surface area (Å²) in [5, 5.41) is 5.91. The zero-order valence-electron chi connectivity index (χ0n) is 14.0. The van der Waals surface area contributed by atoms with Crippen LogP contribution in [0.25, 0.3) is 0 Å². The molecule has 0 spiro atoms. The van der Waals surface area contributed by atoms with E-state index in [-0.39, 0.29) is 6.03 Å². The molecule has 0 bridgehead atoms. The fourth-order valence-corrected chi connectivity index (χ4v) is 1.94. The number of nitrogens with one attached hydrogen (secondary N) is 2. The second kappa shape index (κ2) is 8.62. The summed E-state index contributed by atoms with van der Waals surface area (Å²) in [6, 6.07) is 6.52. The molecule has 0 fully saturated rings. The number of benzene rings is 1. The summed E-state index contributed by atoms with van der Waals surface area (Å²) in [5.41, 5.74) is 0.0662. The number of hydrogen-bond donors (Lipinski definition) is 2. The fourth-order valence-electron chi connectivity index (χ4n) is 1.75. The van der Waals surface area contributed by atoms with Gasteiger partial charge in [0.1, 0.15) is 5.60 Å². The van der Waals surface area contributed by atoms with Crippen LogP contribution in [0.5, 0.6) is 0 Å². The third kappa shape index (κ3) is 7.74. The van der Waals surface area contributed by atoms with Crippen LogP contribution in [0.15, 0.2) is 24.3 Å². The number of urea groups is 1. The SMILES string of the molecule is CCN(CCNC(=O)Nc1cccc(Cl)c1)C(=O)OC(C)(C)C. The molecule has 0 unspecified atom stereocenters. The molecule has 6 nitrogen and oxygen atoms in total. The van der Waals surface area contributed by atoms with Crippen molar-refractivity contribution in [1.82, 2.24) is 10.2 Å². The number of carbonyl (C=O) groups excluding carboxylic acids is 2. The molecular weight excluding hydrogens is 318 g/mol. The molecule has 0 radical (unpaired) electrons. The van der Waals surface area contributed by atoms with Crippen molar-refractivity contribution >= 4 is 29.4 Å². The molecule has 0 aromatic heterocycles. The molecule has 1 aromatic carbocycles. The topological polar surface area (TPSA) is 70.7 Å². The average Bonchev–Trinajstić information content (AvgIpc) is 2.41. The highest BCUT2D eigenvalue weighted by Gasteiger charge is 2.20. The number of halogens is 1. The van der Waals surface area contributed by atoms with Crippen molar-refractivity contribution in [1.29, 1.82) is 0 Å². The molecule has 0 aliphatic heterocycles. The molecule has 0 aliphatic carbocycles. The van der Waals surface area contributed by atoms with Gasteiger partial charge in [-0.1, -0.05) is 17.7 Å². The lowest BCUT2D eigenvalue weighted by Crippen LogP contribution is -2.42. The molecule has 7 heteroatoms. The number of hydrogen-bond acceptors (Lipinski definition) is 3. The first-order chi connectivity index (χ1) is 10.7. The monoisotopic (exact) mass is 341 g/mol.